The molecule has 0 saturated carbocycles. The number of hydrogen-bond donors (Lipinski definition) is 2. The second kappa shape index (κ2) is 11.3. The summed E-state index contributed by atoms with van der Waals surface area (Å²) in [4.78, 5) is 2.50. The fraction of sp³-hybridized carbons (Fsp3) is 0.455. The standard InChI is InChI=1S/C22H33N3O2/c1-18(23-3)9-7-10-19(2)24-20-11-12-21(26-4)22(17-20)27-16-8-15-25-13-5-6-14-25/h7,9-12,17,23-24H,1,5-6,8,13-16H2,2-4H3/b9-7-,19-10+. The van der Waals surface area contributed by atoms with Gasteiger partial charge in [-0.2, -0.15) is 0 Å². The van der Waals surface area contributed by atoms with Crippen molar-refractivity contribution in [2.24, 2.45) is 0 Å². The summed E-state index contributed by atoms with van der Waals surface area (Å²) in [5.74, 6) is 1.53. The number of hydrogen-bond acceptors (Lipinski definition) is 5. The molecule has 1 fully saturated rings. The SMILES string of the molecule is C=C(/C=C\C=C(/C)Nc1ccc(OC)c(OCCCN2CCCC2)c1)NC. The quantitative estimate of drug-likeness (QED) is 0.452. The number of nitrogens with one attached hydrogen (secondary N) is 2. The lowest BCUT2D eigenvalue weighted by atomic mass is 10.2. The molecule has 5 heteroatoms. The van der Waals surface area contributed by atoms with Crippen molar-refractivity contribution in [3.8, 4) is 11.5 Å². The molecular weight excluding hydrogens is 338 g/mol. The first kappa shape index (κ1) is 20.9. The van der Waals surface area contributed by atoms with Gasteiger partial charge in [0.2, 0.25) is 0 Å². The van der Waals surface area contributed by atoms with E-state index in [9.17, 15) is 0 Å². The van der Waals surface area contributed by atoms with Crippen molar-refractivity contribution in [1.82, 2.24) is 10.2 Å². The molecule has 1 aliphatic heterocycles. The zero-order chi connectivity index (χ0) is 19.5. The van der Waals surface area contributed by atoms with Gasteiger partial charge in [0.05, 0.1) is 13.7 Å². The molecule has 1 aromatic rings. The molecule has 148 valence electrons. The maximum atomic E-state index is 5.99. The summed E-state index contributed by atoms with van der Waals surface area (Å²) in [7, 11) is 3.52. The van der Waals surface area contributed by atoms with Gasteiger partial charge in [-0.1, -0.05) is 12.7 Å². The first-order chi connectivity index (χ1) is 13.1. The molecule has 0 radical (unpaired) electrons. The van der Waals surface area contributed by atoms with Crippen molar-refractivity contribution in [1.29, 1.82) is 0 Å². The lowest BCUT2D eigenvalue weighted by Crippen LogP contribution is -2.21. The van der Waals surface area contributed by atoms with E-state index in [0.717, 1.165) is 41.5 Å². The zero-order valence-corrected chi connectivity index (χ0v) is 16.9. The number of nitrogens with zero attached hydrogens (tertiary/aromatic N) is 1. The van der Waals surface area contributed by atoms with Crippen LogP contribution in [0.1, 0.15) is 26.2 Å². The average Bonchev–Trinajstić information content (AvgIpc) is 3.18. The molecule has 0 atom stereocenters. The Hall–Kier alpha value is -2.40. The fourth-order valence-electron chi connectivity index (χ4n) is 3.01. The minimum atomic E-state index is 0.694. The van der Waals surface area contributed by atoms with Crippen LogP contribution in [0.25, 0.3) is 0 Å². The molecule has 0 aliphatic carbocycles. The second-order valence-electron chi connectivity index (χ2n) is 6.73. The van der Waals surface area contributed by atoms with Gasteiger partial charge < -0.3 is 25.0 Å². The molecule has 1 saturated heterocycles. The molecule has 0 aromatic heterocycles. The van der Waals surface area contributed by atoms with E-state index >= 15 is 0 Å². The second-order valence-corrected chi connectivity index (χ2v) is 6.73. The van der Waals surface area contributed by atoms with Crippen molar-refractivity contribution >= 4 is 5.69 Å². The molecule has 2 N–H and O–H groups in total. The van der Waals surface area contributed by atoms with Crippen LogP contribution in [0, 0.1) is 0 Å². The van der Waals surface area contributed by atoms with E-state index in [-0.39, 0.29) is 0 Å². The summed E-state index contributed by atoms with van der Waals surface area (Å²) < 4.78 is 11.4. The summed E-state index contributed by atoms with van der Waals surface area (Å²) in [5.41, 5.74) is 2.87. The Morgan fingerprint density at radius 2 is 2.04 bits per heavy atom. The first-order valence-electron chi connectivity index (χ1n) is 9.64. The van der Waals surface area contributed by atoms with E-state index < -0.39 is 0 Å². The molecule has 0 spiro atoms. The van der Waals surface area contributed by atoms with Crippen molar-refractivity contribution in [2.45, 2.75) is 26.2 Å². The molecule has 0 amide bonds. The van der Waals surface area contributed by atoms with Crippen LogP contribution in [0.5, 0.6) is 11.5 Å². The van der Waals surface area contributed by atoms with E-state index in [1.54, 1.807) is 7.11 Å². The van der Waals surface area contributed by atoms with Gasteiger partial charge in [0, 0.05) is 36.7 Å². The van der Waals surface area contributed by atoms with Crippen LogP contribution in [0.4, 0.5) is 5.69 Å². The van der Waals surface area contributed by atoms with Crippen LogP contribution in [-0.4, -0.2) is 45.3 Å². The largest absolute Gasteiger partial charge is 0.493 e. The third-order valence-electron chi connectivity index (χ3n) is 4.54. The molecule has 0 unspecified atom stereocenters. The first-order valence-corrected chi connectivity index (χ1v) is 9.64. The van der Waals surface area contributed by atoms with Gasteiger partial charge in [-0.25, -0.2) is 0 Å². The monoisotopic (exact) mass is 371 g/mol. The number of ether oxygens (including phenoxy) is 2. The number of anilines is 1. The average molecular weight is 372 g/mol. The van der Waals surface area contributed by atoms with Crippen LogP contribution in [0.15, 0.2) is 54.4 Å². The van der Waals surface area contributed by atoms with E-state index in [1.807, 2.05) is 50.4 Å². The molecule has 1 aromatic carbocycles. The van der Waals surface area contributed by atoms with Crippen molar-refractivity contribution in [3.05, 3.63) is 54.4 Å². The smallest absolute Gasteiger partial charge is 0.163 e. The lowest BCUT2D eigenvalue weighted by molar-refractivity contribution is 0.254. The summed E-state index contributed by atoms with van der Waals surface area (Å²) in [6, 6.07) is 5.91. The van der Waals surface area contributed by atoms with Crippen LogP contribution < -0.4 is 20.1 Å². The Labute approximate surface area is 163 Å². The Bertz CT molecular complexity index is 662. The normalized spacial score (nSPS) is 15.1. The Morgan fingerprint density at radius 1 is 1.26 bits per heavy atom. The van der Waals surface area contributed by atoms with Crippen LogP contribution in [0.3, 0.4) is 0 Å². The molecule has 1 aliphatic rings. The molecule has 0 bridgehead atoms. The maximum absolute atomic E-state index is 5.99. The van der Waals surface area contributed by atoms with Gasteiger partial charge >= 0.3 is 0 Å². The van der Waals surface area contributed by atoms with Crippen molar-refractivity contribution in [2.75, 3.05) is 45.7 Å². The highest BCUT2D eigenvalue weighted by molar-refractivity contribution is 5.57. The van der Waals surface area contributed by atoms with Gasteiger partial charge in [-0.05, 0) is 63.6 Å². The zero-order valence-electron chi connectivity index (χ0n) is 16.9. The van der Waals surface area contributed by atoms with E-state index in [0.29, 0.717) is 6.61 Å². The number of rotatable bonds is 11. The number of likely N-dealkylation sites (N-methyl/N-ethyl adjacent to an activating group) is 1. The predicted molar refractivity (Wildman–Crippen MR) is 113 cm³/mol. The van der Waals surface area contributed by atoms with Crippen molar-refractivity contribution in [3.63, 3.8) is 0 Å². The van der Waals surface area contributed by atoms with Gasteiger partial charge in [-0.3, -0.25) is 0 Å². The van der Waals surface area contributed by atoms with Gasteiger partial charge in [-0.15, -0.1) is 0 Å². The van der Waals surface area contributed by atoms with Crippen LogP contribution in [0.2, 0.25) is 0 Å². The minimum absolute atomic E-state index is 0.694. The van der Waals surface area contributed by atoms with Crippen molar-refractivity contribution < 1.29 is 9.47 Å². The van der Waals surface area contributed by atoms with E-state index in [2.05, 4.69) is 22.1 Å². The van der Waals surface area contributed by atoms with E-state index in [1.165, 1.54) is 25.9 Å². The minimum Gasteiger partial charge on any atom is -0.493 e. The maximum Gasteiger partial charge on any atom is 0.163 e. The molecule has 5 nitrogen and oxygen atoms in total. The number of allylic oxidation sites excluding steroid dienone is 4. The van der Waals surface area contributed by atoms with Gasteiger partial charge in [0.1, 0.15) is 0 Å². The molecule has 2 rings (SSSR count). The summed E-state index contributed by atoms with van der Waals surface area (Å²) in [6.45, 7) is 10.1. The van der Waals surface area contributed by atoms with Gasteiger partial charge in [0.25, 0.3) is 0 Å². The summed E-state index contributed by atoms with van der Waals surface area (Å²) in [5, 5.41) is 6.36. The third-order valence-corrected chi connectivity index (χ3v) is 4.54. The highest BCUT2D eigenvalue weighted by Gasteiger charge is 2.11. The highest BCUT2D eigenvalue weighted by atomic mass is 16.5. The Kier molecular flexibility index (Phi) is 8.78. The highest BCUT2D eigenvalue weighted by Crippen LogP contribution is 2.30. The van der Waals surface area contributed by atoms with Crippen LogP contribution in [-0.2, 0) is 0 Å². The predicted octanol–water partition coefficient (Wildman–Crippen LogP) is 4.16. The Balaban J connectivity index is 1.89. The van der Waals surface area contributed by atoms with Gasteiger partial charge in [0.15, 0.2) is 11.5 Å². The number of benzene rings is 1. The topological polar surface area (TPSA) is 45.8 Å². The van der Waals surface area contributed by atoms with Crippen LogP contribution >= 0.6 is 0 Å². The lowest BCUT2D eigenvalue weighted by Gasteiger charge is -2.16. The third kappa shape index (κ3) is 7.39. The Morgan fingerprint density at radius 3 is 2.74 bits per heavy atom. The van der Waals surface area contributed by atoms with E-state index in [4.69, 9.17) is 9.47 Å². The molecular formula is C22H33N3O2. The summed E-state index contributed by atoms with van der Waals surface area (Å²) >= 11 is 0. The number of methoxy groups -OCH3 is 1. The fourth-order valence-corrected chi connectivity index (χ4v) is 3.01. The molecule has 1 heterocycles. The number of likely N-dealkylation sites (tertiary alicyclic amines) is 1. The molecule has 27 heavy (non-hydrogen) atoms. The summed E-state index contributed by atoms with van der Waals surface area (Å²) in [6.07, 6.45) is 9.57.